The normalized spacial score (nSPS) is 10.8. The number of rotatable bonds is 6. The van der Waals surface area contributed by atoms with Gasteiger partial charge >= 0.3 is 0 Å². The van der Waals surface area contributed by atoms with E-state index in [0.717, 1.165) is 12.0 Å². The average molecular weight is 424 g/mol. The Bertz CT molecular complexity index is 1130. The minimum Gasteiger partial charge on any atom is -0.352 e. The molecule has 7 heteroatoms. The van der Waals surface area contributed by atoms with Crippen molar-refractivity contribution in [2.24, 2.45) is 0 Å². The number of carbonyl (C=O) groups is 1. The van der Waals surface area contributed by atoms with Crippen LogP contribution >= 0.6 is 22.9 Å². The molecule has 2 aromatic heterocycles. The van der Waals surface area contributed by atoms with E-state index in [0.29, 0.717) is 34.4 Å². The smallest absolute Gasteiger partial charge is 0.259 e. The van der Waals surface area contributed by atoms with Crippen LogP contribution in [0.4, 0.5) is 0 Å². The molecule has 1 N–H and O–H groups in total. The number of hydrogen-bond acceptors (Lipinski definition) is 5. The molecular formula is C22H18ClN3O2S. The summed E-state index contributed by atoms with van der Waals surface area (Å²) in [6.07, 6.45) is 0.804. The summed E-state index contributed by atoms with van der Waals surface area (Å²) in [7, 11) is 0. The summed E-state index contributed by atoms with van der Waals surface area (Å²) < 4.78 is 5.43. The Morgan fingerprint density at radius 3 is 2.69 bits per heavy atom. The molecule has 1 amide bonds. The highest BCUT2D eigenvalue weighted by Crippen LogP contribution is 2.26. The molecule has 0 aliphatic carbocycles. The van der Waals surface area contributed by atoms with Crippen LogP contribution in [0.15, 0.2) is 64.5 Å². The quantitative estimate of drug-likeness (QED) is 0.451. The van der Waals surface area contributed by atoms with Gasteiger partial charge in [-0.3, -0.25) is 4.79 Å². The Labute approximate surface area is 177 Å². The van der Waals surface area contributed by atoms with Crippen LogP contribution in [0, 0.1) is 6.92 Å². The van der Waals surface area contributed by atoms with Gasteiger partial charge in [0, 0.05) is 22.0 Å². The number of nitrogens with one attached hydrogen (secondary N) is 1. The minimum atomic E-state index is -0.166. The third-order valence-corrected chi connectivity index (χ3v) is 5.87. The Balaban J connectivity index is 1.51. The number of thiophene rings is 1. The van der Waals surface area contributed by atoms with Crippen molar-refractivity contribution in [3.63, 3.8) is 0 Å². The molecule has 2 aromatic carbocycles. The van der Waals surface area contributed by atoms with Crippen molar-refractivity contribution in [2.75, 3.05) is 6.54 Å². The van der Waals surface area contributed by atoms with E-state index < -0.39 is 0 Å². The summed E-state index contributed by atoms with van der Waals surface area (Å²) in [6, 6.07) is 16.5. The van der Waals surface area contributed by atoms with Gasteiger partial charge in [0.25, 0.3) is 11.8 Å². The van der Waals surface area contributed by atoms with E-state index in [1.54, 1.807) is 35.6 Å². The van der Waals surface area contributed by atoms with E-state index in [1.807, 2.05) is 24.3 Å². The van der Waals surface area contributed by atoms with E-state index >= 15 is 0 Å². The molecule has 2 heterocycles. The van der Waals surface area contributed by atoms with Gasteiger partial charge in [-0.2, -0.15) is 4.98 Å². The lowest BCUT2D eigenvalue weighted by Gasteiger charge is -2.07. The second-order valence-electron chi connectivity index (χ2n) is 6.51. The third kappa shape index (κ3) is 4.39. The molecule has 29 heavy (non-hydrogen) atoms. The Hall–Kier alpha value is -2.96. The maximum absolute atomic E-state index is 12.8. The first-order valence-corrected chi connectivity index (χ1v) is 10.4. The highest BCUT2D eigenvalue weighted by atomic mass is 35.5. The van der Waals surface area contributed by atoms with Crippen LogP contribution in [-0.2, 0) is 6.42 Å². The topological polar surface area (TPSA) is 68.0 Å². The lowest BCUT2D eigenvalue weighted by atomic mass is 10.1. The third-order valence-electron chi connectivity index (χ3n) is 4.54. The van der Waals surface area contributed by atoms with E-state index in [9.17, 15) is 4.79 Å². The number of carbonyl (C=O) groups excluding carboxylic acids is 1. The fourth-order valence-electron chi connectivity index (χ4n) is 2.96. The molecule has 146 valence electrons. The van der Waals surface area contributed by atoms with Gasteiger partial charge in [-0.25, -0.2) is 0 Å². The van der Waals surface area contributed by atoms with Crippen LogP contribution in [0.3, 0.4) is 0 Å². The SMILES string of the molecule is Cc1ccsc1CCNC(=O)c1ccccc1-c1nc(-c2ccc(Cl)cc2)no1. The van der Waals surface area contributed by atoms with Gasteiger partial charge in [-0.15, -0.1) is 11.3 Å². The molecule has 4 rings (SSSR count). The van der Waals surface area contributed by atoms with E-state index in [-0.39, 0.29) is 5.91 Å². The summed E-state index contributed by atoms with van der Waals surface area (Å²) in [5.74, 6) is 0.580. The zero-order valence-corrected chi connectivity index (χ0v) is 17.3. The van der Waals surface area contributed by atoms with Gasteiger partial charge in [0.05, 0.1) is 11.1 Å². The first kappa shape index (κ1) is 19.4. The fraction of sp³-hybridized carbons (Fsp3) is 0.136. The number of nitrogens with zero attached hydrogens (tertiary/aromatic N) is 2. The molecule has 0 saturated carbocycles. The minimum absolute atomic E-state index is 0.166. The number of amides is 1. The van der Waals surface area contributed by atoms with Crippen molar-refractivity contribution in [1.82, 2.24) is 15.5 Å². The zero-order chi connectivity index (χ0) is 20.2. The first-order valence-electron chi connectivity index (χ1n) is 9.12. The highest BCUT2D eigenvalue weighted by molar-refractivity contribution is 7.10. The monoisotopic (exact) mass is 423 g/mol. The van der Waals surface area contributed by atoms with Gasteiger partial charge in [0.2, 0.25) is 5.82 Å². The molecule has 0 unspecified atom stereocenters. The summed E-state index contributed by atoms with van der Waals surface area (Å²) in [6.45, 7) is 2.64. The molecule has 0 fully saturated rings. The summed E-state index contributed by atoms with van der Waals surface area (Å²) in [5, 5.41) is 9.72. The number of aryl methyl sites for hydroxylation is 1. The number of halogens is 1. The second kappa shape index (κ2) is 8.59. The van der Waals surface area contributed by atoms with Crippen LogP contribution in [0.25, 0.3) is 22.8 Å². The van der Waals surface area contributed by atoms with E-state index in [4.69, 9.17) is 16.1 Å². The first-order chi connectivity index (χ1) is 14.1. The molecule has 0 bridgehead atoms. The van der Waals surface area contributed by atoms with Crippen LogP contribution < -0.4 is 5.32 Å². The summed E-state index contributed by atoms with van der Waals surface area (Å²) in [4.78, 5) is 18.5. The molecule has 4 aromatic rings. The van der Waals surface area contributed by atoms with Crippen molar-refractivity contribution in [2.45, 2.75) is 13.3 Å². The summed E-state index contributed by atoms with van der Waals surface area (Å²) >= 11 is 7.64. The fourth-order valence-corrected chi connectivity index (χ4v) is 4.00. The second-order valence-corrected chi connectivity index (χ2v) is 7.95. The summed E-state index contributed by atoms with van der Waals surface area (Å²) in [5.41, 5.74) is 3.15. The standard InChI is InChI=1S/C22H18ClN3O2S/c1-14-11-13-29-19(14)10-12-24-21(27)17-4-2-3-5-18(17)22-25-20(26-28-22)15-6-8-16(23)9-7-15/h2-9,11,13H,10,12H2,1H3,(H,24,27). The zero-order valence-electron chi connectivity index (χ0n) is 15.7. The lowest BCUT2D eigenvalue weighted by molar-refractivity contribution is 0.0954. The molecule has 0 saturated heterocycles. The van der Waals surface area contributed by atoms with Crippen molar-refractivity contribution < 1.29 is 9.32 Å². The molecule has 0 spiro atoms. The van der Waals surface area contributed by atoms with Crippen LogP contribution in [-0.4, -0.2) is 22.6 Å². The van der Waals surface area contributed by atoms with Crippen molar-refractivity contribution >= 4 is 28.8 Å². The maximum Gasteiger partial charge on any atom is 0.259 e. The van der Waals surface area contributed by atoms with Crippen molar-refractivity contribution in [3.8, 4) is 22.8 Å². The van der Waals surface area contributed by atoms with E-state index in [1.165, 1.54) is 10.4 Å². The predicted octanol–water partition coefficient (Wildman–Crippen LogP) is 5.40. The van der Waals surface area contributed by atoms with Crippen LogP contribution in [0.1, 0.15) is 20.8 Å². The highest BCUT2D eigenvalue weighted by Gasteiger charge is 2.18. The molecule has 0 aliphatic rings. The molecular weight excluding hydrogens is 406 g/mol. The maximum atomic E-state index is 12.8. The number of hydrogen-bond donors (Lipinski definition) is 1. The van der Waals surface area contributed by atoms with Crippen molar-refractivity contribution in [3.05, 3.63) is 81.0 Å². The van der Waals surface area contributed by atoms with Crippen LogP contribution in [0.5, 0.6) is 0 Å². The van der Waals surface area contributed by atoms with Gasteiger partial charge in [-0.05, 0) is 66.8 Å². The van der Waals surface area contributed by atoms with Gasteiger partial charge < -0.3 is 9.84 Å². The van der Waals surface area contributed by atoms with Gasteiger partial charge in [-0.1, -0.05) is 28.9 Å². The molecule has 0 aliphatic heterocycles. The predicted molar refractivity (Wildman–Crippen MR) is 115 cm³/mol. The lowest BCUT2D eigenvalue weighted by Crippen LogP contribution is -2.26. The van der Waals surface area contributed by atoms with Crippen LogP contribution in [0.2, 0.25) is 5.02 Å². The average Bonchev–Trinajstić information content (AvgIpc) is 3.38. The largest absolute Gasteiger partial charge is 0.352 e. The van der Waals surface area contributed by atoms with Crippen molar-refractivity contribution in [1.29, 1.82) is 0 Å². The Kier molecular flexibility index (Phi) is 5.74. The Morgan fingerprint density at radius 1 is 1.14 bits per heavy atom. The van der Waals surface area contributed by atoms with Gasteiger partial charge in [0.1, 0.15) is 0 Å². The van der Waals surface area contributed by atoms with Gasteiger partial charge in [0.15, 0.2) is 0 Å². The Morgan fingerprint density at radius 2 is 1.93 bits per heavy atom. The molecule has 5 nitrogen and oxygen atoms in total. The van der Waals surface area contributed by atoms with E-state index in [2.05, 4.69) is 33.8 Å². The number of benzene rings is 2. The molecule has 0 radical (unpaired) electrons. The molecule has 0 atom stereocenters. The number of aromatic nitrogens is 2.